The Bertz CT molecular complexity index is 381. The van der Waals surface area contributed by atoms with Crippen molar-refractivity contribution in [2.75, 3.05) is 27.2 Å². The first-order valence-corrected chi connectivity index (χ1v) is 5.89. The number of aliphatic hydroxyl groups excluding tert-OH is 1. The van der Waals surface area contributed by atoms with E-state index < -0.39 is 12.2 Å². The first-order valence-electron chi connectivity index (χ1n) is 5.89. The molecule has 0 saturated heterocycles. The molecule has 0 saturated carbocycles. The molecule has 0 aliphatic carbocycles. The summed E-state index contributed by atoms with van der Waals surface area (Å²) in [7, 11) is 3.55. The van der Waals surface area contributed by atoms with Crippen LogP contribution in [0.25, 0.3) is 0 Å². The zero-order valence-corrected chi connectivity index (χ0v) is 11.0. The van der Waals surface area contributed by atoms with E-state index in [9.17, 15) is 9.90 Å². The summed E-state index contributed by atoms with van der Waals surface area (Å²) >= 11 is 0. The average Bonchev–Trinajstić information content (AvgIpc) is 2.37. The van der Waals surface area contributed by atoms with Crippen LogP contribution in [0.1, 0.15) is 12.6 Å². The van der Waals surface area contributed by atoms with Crippen molar-refractivity contribution in [1.29, 1.82) is 0 Å². The molecule has 0 fully saturated rings. The fourth-order valence-corrected chi connectivity index (χ4v) is 1.49. The number of aromatic nitrogens is 2. The molecule has 1 heterocycles. The molecule has 100 valence electrons. The summed E-state index contributed by atoms with van der Waals surface area (Å²) in [6.45, 7) is 2.54. The van der Waals surface area contributed by atoms with Crippen molar-refractivity contribution in [2.24, 2.45) is 0 Å². The Kier molecular flexibility index (Phi) is 5.18. The molecular formula is C12H20N3O3+. The number of carbonyl (C=O) groups is 1. The Morgan fingerprint density at radius 3 is 2.78 bits per heavy atom. The molecule has 0 amide bonds. The van der Waals surface area contributed by atoms with Crippen LogP contribution in [0.5, 0.6) is 0 Å². The number of likely N-dealkylation sites (N-methyl/N-ethyl adjacent to an activating group) is 1. The van der Waals surface area contributed by atoms with E-state index >= 15 is 0 Å². The van der Waals surface area contributed by atoms with E-state index in [1.54, 1.807) is 39.6 Å². The van der Waals surface area contributed by atoms with Crippen molar-refractivity contribution in [3.8, 4) is 0 Å². The number of hydrogen-bond donors (Lipinski definition) is 1. The molecule has 0 aromatic carbocycles. The standard InChI is InChI=1S/C12H20N3O3/c1-4-18-12(17)11(16)15(2,3)8-5-10-9-13-6-7-14-10/h6-7,9,11,16H,4-5,8H2,1-3H3/q+1. The van der Waals surface area contributed by atoms with Gasteiger partial charge in [-0.25, -0.2) is 4.79 Å². The van der Waals surface area contributed by atoms with Gasteiger partial charge in [0.15, 0.2) is 0 Å². The van der Waals surface area contributed by atoms with Crippen molar-refractivity contribution < 1.29 is 19.1 Å². The minimum absolute atomic E-state index is 0.134. The van der Waals surface area contributed by atoms with E-state index in [1.165, 1.54) is 0 Å². The second-order valence-electron chi connectivity index (χ2n) is 4.57. The predicted molar refractivity (Wildman–Crippen MR) is 65.4 cm³/mol. The summed E-state index contributed by atoms with van der Waals surface area (Å²) in [4.78, 5) is 19.6. The van der Waals surface area contributed by atoms with Crippen LogP contribution in [0.15, 0.2) is 18.6 Å². The van der Waals surface area contributed by atoms with Gasteiger partial charge in [0, 0.05) is 25.0 Å². The topological polar surface area (TPSA) is 72.3 Å². The van der Waals surface area contributed by atoms with Crippen LogP contribution in [0.3, 0.4) is 0 Å². The van der Waals surface area contributed by atoms with Crippen molar-refractivity contribution in [1.82, 2.24) is 9.97 Å². The molecule has 1 rings (SSSR count). The molecule has 1 aromatic rings. The van der Waals surface area contributed by atoms with Crippen molar-refractivity contribution in [3.63, 3.8) is 0 Å². The third-order valence-corrected chi connectivity index (χ3v) is 2.72. The molecule has 1 N–H and O–H groups in total. The first kappa shape index (κ1) is 14.5. The maximum atomic E-state index is 11.5. The van der Waals surface area contributed by atoms with E-state index in [4.69, 9.17) is 4.74 Å². The number of esters is 1. The van der Waals surface area contributed by atoms with Gasteiger partial charge in [0.2, 0.25) is 0 Å². The molecule has 1 unspecified atom stereocenters. The summed E-state index contributed by atoms with van der Waals surface area (Å²) in [6, 6.07) is 0. The van der Waals surface area contributed by atoms with Crippen LogP contribution in [0.2, 0.25) is 0 Å². The quantitative estimate of drug-likeness (QED) is 0.439. The lowest BCUT2D eigenvalue weighted by Gasteiger charge is -2.32. The van der Waals surface area contributed by atoms with Crippen molar-refractivity contribution in [3.05, 3.63) is 24.3 Å². The number of ether oxygens (including phenoxy) is 1. The Morgan fingerprint density at radius 1 is 1.50 bits per heavy atom. The highest BCUT2D eigenvalue weighted by atomic mass is 16.5. The third kappa shape index (κ3) is 4.05. The van der Waals surface area contributed by atoms with Crippen LogP contribution in [-0.4, -0.2) is 59.0 Å². The number of rotatable bonds is 6. The number of quaternary nitrogens is 1. The molecule has 6 nitrogen and oxygen atoms in total. The Labute approximate surface area is 107 Å². The highest BCUT2D eigenvalue weighted by Gasteiger charge is 2.33. The molecule has 6 heteroatoms. The number of hydrogen-bond acceptors (Lipinski definition) is 5. The lowest BCUT2D eigenvalue weighted by atomic mass is 10.2. The number of aliphatic hydroxyl groups is 1. The van der Waals surface area contributed by atoms with Gasteiger partial charge in [-0.05, 0) is 6.92 Å². The van der Waals surface area contributed by atoms with E-state index in [0.717, 1.165) is 5.69 Å². The molecule has 1 aromatic heterocycles. The lowest BCUT2D eigenvalue weighted by molar-refractivity contribution is -0.927. The summed E-state index contributed by atoms with van der Waals surface area (Å²) in [5.41, 5.74) is 0.833. The smallest absolute Gasteiger partial charge is 0.394 e. The van der Waals surface area contributed by atoms with E-state index in [1.807, 2.05) is 0 Å². The highest BCUT2D eigenvalue weighted by molar-refractivity contribution is 5.72. The fraction of sp³-hybridized carbons (Fsp3) is 0.583. The van der Waals surface area contributed by atoms with Gasteiger partial charge in [0.1, 0.15) is 0 Å². The van der Waals surface area contributed by atoms with Gasteiger partial charge in [-0.3, -0.25) is 14.5 Å². The van der Waals surface area contributed by atoms with E-state index in [0.29, 0.717) is 13.0 Å². The van der Waals surface area contributed by atoms with Crippen LogP contribution < -0.4 is 0 Å². The summed E-state index contributed by atoms with van der Waals surface area (Å²) in [5.74, 6) is -0.596. The van der Waals surface area contributed by atoms with Gasteiger partial charge in [0.05, 0.1) is 32.9 Å². The van der Waals surface area contributed by atoms with Crippen molar-refractivity contribution in [2.45, 2.75) is 19.6 Å². The second kappa shape index (κ2) is 6.42. The van der Waals surface area contributed by atoms with E-state index in [2.05, 4.69) is 9.97 Å². The monoisotopic (exact) mass is 254 g/mol. The third-order valence-electron chi connectivity index (χ3n) is 2.72. The second-order valence-corrected chi connectivity index (χ2v) is 4.57. The van der Waals surface area contributed by atoms with Gasteiger partial charge in [-0.1, -0.05) is 0 Å². The van der Waals surface area contributed by atoms with Gasteiger partial charge < -0.3 is 9.84 Å². The summed E-state index contributed by atoms with van der Waals surface area (Å²) in [6.07, 6.45) is 4.36. The molecule has 18 heavy (non-hydrogen) atoms. The van der Waals surface area contributed by atoms with Gasteiger partial charge >= 0.3 is 5.97 Å². The predicted octanol–water partition coefficient (Wildman–Crippen LogP) is -0.0230. The largest absolute Gasteiger partial charge is 0.460 e. The summed E-state index contributed by atoms with van der Waals surface area (Å²) in [5, 5.41) is 9.92. The Balaban J connectivity index is 2.56. The molecule has 0 aliphatic heterocycles. The zero-order chi connectivity index (χ0) is 13.6. The van der Waals surface area contributed by atoms with Gasteiger partial charge in [-0.15, -0.1) is 0 Å². The summed E-state index contributed by atoms with van der Waals surface area (Å²) < 4.78 is 4.94. The Morgan fingerprint density at radius 2 is 2.22 bits per heavy atom. The van der Waals surface area contributed by atoms with Crippen LogP contribution in [0.4, 0.5) is 0 Å². The Hall–Kier alpha value is -1.53. The first-order chi connectivity index (χ1) is 8.47. The highest BCUT2D eigenvalue weighted by Crippen LogP contribution is 2.08. The molecule has 0 radical (unpaired) electrons. The minimum Gasteiger partial charge on any atom is -0.460 e. The molecule has 0 aliphatic rings. The van der Waals surface area contributed by atoms with Crippen LogP contribution in [0, 0.1) is 0 Å². The maximum absolute atomic E-state index is 11.5. The lowest BCUT2D eigenvalue weighted by Crippen LogP contribution is -2.54. The van der Waals surface area contributed by atoms with Gasteiger partial charge in [0.25, 0.3) is 6.23 Å². The molecule has 0 bridgehead atoms. The number of carbonyl (C=O) groups excluding carboxylic acids is 1. The molecule has 0 spiro atoms. The molecule has 1 atom stereocenters. The zero-order valence-electron chi connectivity index (χ0n) is 11.0. The average molecular weight is 254 g/mol. The van der Waals surface area contributed by atoms with Gasteiger partial charge in [-0.2, -0.15) is 0 Å². The normalized spacial score (nSPS) is 13.1. The maximum Gasteiger partial charge on any atom is 0.394 e. The van der Waals surface area contributed by atoms with Crippen LogP contribution in [-0.2, 0) is 16.0 Å². The minimum atomic E-state index is -1.18. The molecular weight excluding hydrogens is 234 g/mol. The number of nitrogens with zero attached hydrogens (tertiary/aromatic N) is 3. The van der Waals surface area contributed by atoms with Crippen LogP contribution >= 0.6 is 0 Å². The SMILES string of the molecule is CCOC(=O)C(O)[N+](C)(C)CCc1cnccn1. The fourth-order valence-electron chi connectivity index (χ4n) is 1.49. The van der Waals surface area contributed by atoms with E-state index in [-0.39, 0.29) is 11.1 Å². The van der Waals surface area contributed by atoms with Crippen molar-refractivity contribution >= 4 is 5.97 Å².